The molecule has 0 aliphatic carbocycles. The molecule has 0 spiro atoms. The first-order chi connectivity index (χ1) is 11.5. The molecule has 25 heavy (non-hydrogen) atoms. The molecule has 2 aromatic rings. The van der Waals surface area contributed by atoms with Crippen LogP contribution in [0.5, 0.6) is 0 Å². The molecule has 0 saturated heterocycles. The molecule has 0 aromatic heterocycles. The van der Waals surface area contributed by atoms with Crippen LogP contribution in [0.2, 0.25) is 0 Å². The Kier molecular flexibility index (Phi) is 10.2. The molecule has 0 radical (unpaired) electrons. The molecule has 0 heterocycles. The molecular weight excluding hydrogens is 316 g/mol. The molecule has 0 aliphatic rings. The van der Waals surface area contributed by atoms with Gasteiger partial charge in [0.25, 0.3) is 0 Å². The van der Waals surface area contributed by atoms with Crippen LogP contribution in [0.3, 0.4) is 0 Å². The lowest BCUT2D eigenvalue weighted by atomic mass is 10.1. The summed E-state index contributed by atoms with van der Waals surface area (Å²) < 4.78 is 0. The van der Waals surface area contributed by atoms with E-state index in [0.29, 0.717) is 12.1 Å². The van der Waals surface area contributed by atoms with Gasteiger partial charge in [-0.25, -0.2) is 0 Å². The van der Waals surface area contributed by atoms with E-state index in [1.54, 1.807) is 31.2 Å². The highest BCUT2D eigenvalue weighted by atomic mass is 16.1. The smallest absolute Gasteiger partial charge is 0.159 e. The Bertz CT molecular complexity index is 766. The molecule has 0 atom stereocenters. The van der Waals surface area contributed by atoms with Crippen LogP contribution < -0.4 is 5.73 Å². The van der Waals surface area contributed by atoms with Crippen LogP contribution >= 0.6 is 0 Å². The maximum Gasteiger partial charge on any atom is 0.159 e. The quantitative estimate of drug-likeness (QED) is 0.369. The van der Waals surface area contributed by atoms with Gasteiger partial charge in [-0.15, -0.1) is 0 Å². The fourth-order valence-corrected chi connectivity index (χ4v) is 1.92. The van der Waals surface area contributed by atoms with Crippen molar-refractivity contribution in [3.8, 4) is 0 Å². The number of carbonyl (C=O) groups is 2. The first kappa shape index (κ1) is 22.1. The lowest BCUT2D eigenvalue weighted by Gasteiger charge is -1.98. The van der Waals surface area contributed by atoms with E-state index in [-0.39, 0.29) is 25.5 Å². The first-order valence-electron chi connectivity index (χ1n) is 7.38. The third kappa shape index (κ3) is 7.92. The number of azide groups is 1. The minimum atomic E-state index is 0. The van der Waals surface area contributed by atoms with Gasteiger partial charge in [0.2, 0.25) is 0 Å². The van der Waals surface area contributed by atoms with E-state index >= 15 is 0 Å². The number of hydrogen-bond acceptors (Lipinski definition) is 4. The van der Waals surface area contributed by atoms with Crippen molar-refractivity contribution in [2.24, 2.45) is 10.8 Å². The molecule has 6 nitrogen and oxygen atoms in total. The number of rotatable bonds is 5. The average Bonchev–Trinajstić information content (AvgIpc) is 2.60. The van der Waals surface area contributed by atoms with Gasteiger partial charge in [0.1, 0.15) is 0 Å². The zero-order valence-electron chi connectivity index (χ0n) is 13.8. The van der Waals surface area contributed by atoms with Crippen LogP contribution in [-0.4, -0.2) is 11.6 Å². The summed E-state index contributed by atoms with van der Waals surface area (Å²) in [6.07, 6.45) is 0. The summed E-state index contributed by atoms with van der Waals surface area (Å²) in [6.45, 7) is 3.83. The number of hydrogen-bond donors (Lipinski definition) is 1. The van der Waals surface area contributed by atoms with Crippen LogP contribution in [-0.2, 0) is 13.1 Å². The Labute approximate surface area is 148 Å². The van der Waals surface area contributed by atoms with E-state index in [2.05, 4.69) is 10.0 Å². The zero-order valence-corrected chi connectivity index (χ0v) is 13.8. The van der Waals surface area contributed by atoms with Gasteiger partial charge in [0.15, 0.2) is 11.6 Å². The van der Waals surface area contributed by atoms with Crippen LogP contribution in [0.25, 0.3) is 10.4 Å². The van der Waals surface area contributed by atoms with Crippen molar-refractivity contribution < 1.29 is 9.59 Å². The van der Waals surface area contributed by atoms with Gasteiger partial charge in [-0.1, -0.05) is 48.9 Å². The van der Waals surface area contributed by atoms with Crippen molar-refractivity contribution in [2.75, 3.05) is 0 Å². The maximum absolute atomic E-state index is 11.0. The Morgan fingerprint density at radius 1 is 1.00 bits per heavy atom. The normalized spacial score (nSPS) is 8.92. The van der Waals surface area contributed by atoms with E-state index in [4.69, 9.17) is 11.3 Å². The van der Waals surface area contributed by atoms with E-state index in [1.165, 1.54) is 6.92 Å². The van der Waals surface area contributed by atoms with Crippen molar-refractivity contribution in [2.45, 2.75) is 34.4 Å². The minimum absolute atomic E-state index is 0. The van der Waals surface area contributed by atoms with Crippen LogP contribution in [0.4, 0.5) is 0 Å². The maximum atomic E-state index is 11.0. The highest BCUT2D eigenvalue weighted by Gasteiger charge is 1.99. The molecular formula is C19H24N4O2. The molecule has 2 rings (SSSR count). The molecule has 2 aromatic carbocycles. The van der Waals surface area contributed by atoms with E-state index in [0.717, 1.165) is 16.7 Å². The second kappa shape index (κ2) is 11.6. The fourth-order valence-electron chi connectivity index (χ4n) is 1.92. The number of Topliss-reactive ketones (excluding diaryl/α,β-unsaturated/α-hetero) is 2. The van der Waals surface area contributed by atoms with Crippen molar-refractivity contribution in [1.82, 2.24) is 0 Å². The Hall–Kier alpha value is -2.95. The van der Waals surface area contributed by atoms with Gasteiger partial charge in [-0.05, 0) is 42.6 Å². The molecule has 0 fully saturated rings. The van der Waals surface area contributed by atoms with E-state index in [1.807, 2.05) is 24.3 Å². The number of ketones is 2. The second-order valence-electron chi connectivity index (χ2n) is 5.11. The van der Waals surface area contributed by atoms with Crippen molar-refractivity contribution in [3.63, 3.8) is 0 Å². The summed E-state index contributed by atoms with van der Waals surface area (Å²) >= 11 is 0. The summed E-state index contributed by atoms with van der Waals surface area (Å²) in [5.41, 5.74) is 16.7. The van der Waals surface area contributed by atoms with Gasteiger partial charge in [-0.2, -0.15) is 0 Å². The molecule has 0 amide bonds. The predicted molar refractivity (Wildman–Crippen MR) is 100 cm³/mol. The second-order valence-corrected chi connectivity index (χ2v) is 5.11. The van der Waals surface area contributed by atoms with Crippen molar-refractivity contribution in [3.05, 3.63) is 81.2 Å². The Morgan fingerprint density at radius 3 is 1.92 bits per heavy atom. The Balaban J connectivity index is 0.000000449. The summed E-state index contributed by atoms with van der Waals surface area (Å²) in [6, 6.07) is 14.4. The molecule has 2 N–H and O–H groups in total. The van der Waals surface area contributed by atoms with E-state index < -0.39 is 0 Å². The lowest BCUT2D eigenvalue weighted by Crippen LogP contribution is -1.98. The minimum Gasteiger partial charge on any atom is -0.326 e. The van der Waals surface area contributed by atoms with Gasteiger partial charge >= 0.3 is 0 Å². The Morgan fingerprint density at radius 2 is 1.48 bits per heavy atom. The first-order valence-corrected chi connectivity index (χ1v) is 7.38. The topological polar surface area (TPSA) is 109 Å². The number of nitrogens with zero attached hydrogens (tertiary/aromatic N) is 3. The molecule has 0 aliphatic heterocycles. The van der Waals surface area contributed by atoms with Crippen LogP contribution in [0, 0.1) is 0 Å². The van der Waals surface area contributed by atoms with Gasteiger partial charge in [0, 0.05) is 22.6 Å². The standard InChI is InChI=1S/C9H9N3O.C9H11NO.CH4/c1-7(13)9-4-2-3-8(5-9)6-11-12-10;1-7(11)9-4-2-3-8(5-9)6-10;/h2-5H,6H2,1H3;2-5H,6,10H2,1H3;1H4. The third-order valence-corrected chi connectivity index (χ3v) is 3.22. The largest absolute Gasteiger partial charge is 0.326 e. The van der Waals surface area contributed by atoms with Crippen molar-refractivity contribution >= 4 is 11.6 Å². The van der Waals surface area contributed by atoms with E-state index in [9.17, 15) is 9.59 Å². The summed E-state index contributed by atoms with van der Waals surface area (Å²) in [5, 5.41) is 3.41. The molecule has 0 saturated carbocycles. The summed E-state index contributed by atoms with van der Waals surface area (Å²) in [7, 11) is 0. The summed E-state index contributed by atoms with van der Waals surface area (Å²) in [5.74, 6) is 0.100. The lowest BCUT2D eigenvalue weighted by molar-refractivity contribution is 0.100. The molecule has 0 unspecified atom stereocenters. The predicted octanol–water partition coefficient (Wildman–Crippen LogP) is 4.68. The highest BCUT2D eigenvalue weighted by molar-refractivity contribution is 5.94. The van der Waals surface area contributed by atoms with Gasteiger partial charge in [0.05, 0.1) is 6.54 Å². The van der Waals surface area contributed by atoms with Crippen LogP contribution in [0.1, 0.15) is 53.1 Å². The monoisotopic (exact) mass is 340 g/mol. The molecule has 6 heteroatoms. The van der Waals surface area contributed by atoms with Crippen LogP contribution in [0.15, 0.2) is 53.6 Å². The molecule has 132 valence electrons. The highest BCUT2D eigenvalue weighted by Crippen LogP contribution is 2.07. The third-order valence-electron chi connectivity index (χ3n) is 3.22. The van der Waals surface area contributed by atoms with Gasteiger partial charge in [-0.3, -0.25) is 9.59 Å². The number of nitrogens with two attached hydrogens (primary N) is 1. The average molecular weight is 340 g/mol. The SMILES string of the molecule is C.CC(=O)c1cccc(CN)c1.CC(=O)c1cccc(CN=[N+]=[N-])c1. The summed E-state index contributed by atoms with van der Waals surface area (Å²) in [4.78, 5) is 24.5. The fraction of sp³-hybridized carbons (Fsp3) is 0.263. The zero-order chi connectivity index (χ0) is 17.9. The van der Waals surface area contributed by atoms with Crippen molar-refractivity contribution in [1.29, 1.82) is 0 Å². The number of carbonyl (C=O) groups excluding carboxylic acids is 2. The van der Waals surface area contributed by atoms with Gasteiger partial charge < -0.3 is 5.73 Å². The molecule has 0 bridgehead atoms. The number of benzene rings is 2.